The summed E-state index contributed by atoms with van der Waals surface area (Å²) < 4.78 is 36.4. The Balaban J connectivity index is 0.00000684. The van der Waals surface area contributed by atoms with Crippen molar-refractivity contribution in [3.8, 4) is 0 Å². The first-order valence-corrected chi connectivity index (χ1v) is 16.4. The third-order valence-electron chi connectivity index (χ3n) is 7.52. The Labute approximate surface area is 271 Å². The average Bonchev–Trinajstić information content (AvgIpc) is 2.85. The van der Waals surface area contributed by atoms with Crippen LogP contribution in [-0.2, 0) is 23.0 Å². The van der Waals surface area contributed by atoms with E-state index < -0.39 is 10.1 Å². The molecular weight excluding hydrogens is 504 g/mol. The predicted molar refractivity (Wildman–Crippen MR) is 154 cm³/mol. The minimum Gasteiger partial charge on any atom is -0.744 e. The van der Waals surface area contributed by atoms with Crippen LogP contribution >= 0.6 is 0 Å². The van der Waals surface area contributed by atoms with Crippen molar-refractivity contribution in [1.82, 2.24) is 0 Å². The average molecular weight is 555 g/mol. The Morgan fingerprint density at radius 3 is 1.49 bits per heavy atom. The SMILES string of the molecule is CCCCCCCCCCCc1cc2cccc(CCCCCCCCCCC)c2cc1S(=O)(=O)[O-].[K+]. The van der Waals surface area contributed by atoms with Gasteiger partial charge in [-0.25, -0.2) is 8.42 Å². The standard InChI is InChI=1S/C32H52O3S.K/c1-3-5-7-9-11-13-15-17-19-22-28-24-21-25-29-26-30(32(27-31(28)29)36(33,34)35)23-20-18-16-14-12-10-8-6-4-2;/h21,24-27H,3-20,22-23H2,1-2H3,(H,33,34,35);/q;+1/p-1. The van der Waals surface area contributed by atoms with Crippen LogP contribution in [0.2, 0.25) is 0 Å². The Morgan fingerprint density at radius 2 is 1.03 bits per heavy atom. The Hall–Kier alpha value is 0.246. The van der Waals surface area contributed by atoms with Gasteiger partial charge < -0.3 is 4.55 Å². The largest absolute Gasteiger partial charge is 1.00 e. The quantitative estimate of drug-likeness (QED) is 0.0958. The summed E-state index contributed by atoms with van der Waals surface area (Å²) in [6.45, 7) is 4.49. The normalized spacial score (nSPS) is 11.6. The molecule has 0 radical (unpaired) electrons. The molecule has 0 N–H and O–H groups in total. The number of fused-ring (bicyclic) bond motifs is 1. The fourth-order valence-electron chi connectivity index (χ4n) is 5.32. The van der Waals surface area contributed by atoms with Gasteiger partial charge in [0.15, 0.2) is 0 Å². The molecule has 0 fully saturated rings. The Morgan fingerprint density at radius 1 is 0.595 bits per heavy atom. The molecule has 0 spiro atoms. The van der Waals surface area contributed by atoms with E-state index in [2.05, 4.69) is 32.0 Å². The molecule has 0 atom stereocenters. The van der Waals surface area contributed by atoms with E-state index in [1.165, 1.54) is 96.3 Å². The van der Waals surface area contributed by atoms with E-state index in [1.807, 2.05) is 6.07 Å². The van der Waals surface area contributed by atoms with E-state index in [4.69, 9.17) is 0 Å². The van der Waals surface area contributed by atoms with E-state index in [-0.39, 0.29) is 56.3 Å². The molecule has 5 heteroatoms. The molecule has 0 heterocycles. The van der Waals surface area contributed by atoms with Crippen LogP contribution in [0.1, 0.15) is 141 Å². The van der Waals surface area contributed by atoms with E-state index in [1.54, 1.807) is 6.07 Å². The second-order valence-corrected chi connectivity index (χ2v) is 12.1. The number of hydrogen-bond acceptors (Lipinski definition) is 3. The molecule has 0 amide bonds. The molecule has 0 aliphatic carbocycles. The van der Waals surface area contributed by atoms with E-state index in [0.29, 0.717) is 12.0 Å². The molecule has 3 nitrogen and oxygen atoms in total. The first-order chi connectivity index (χ1) is 17.5. The number of benzene rings is 2. The van der Waals surface area contributed by atoms with E-state index in [0.717, 1.165) is 42.0 Å². The van der Waals surface area contributed by atoms with Crippen molar-refractivity contribution in [2.75, 3.05) is 0 Å². The van der Waals surface area contributed by atoms with Gasteiger partial charge in [0.05, 0.1) is 4.90 Å². The molecular formula is C32H51KO3S. The molecule has 2 aromatic carbocycles. The van der Waals surface area contributed by atoms with Crippen LogP contribution in [0.4, 0.5) is 0 Å². The van der Waals surface area contributed by atoms with Gasteiger partial charge in [-0.3, -0.25) is 0 Å². The van der Waals surface area contributed by atoms with Crippen molar-refractivity contribution >= 4 is 20.9 Å². The monoisotopic (exact) mass is 554 g/mol. The fraction of sp³-hybridized carbons (Fsp3) is 0.688. The molecule has 0 aromatic heterocycles. The second kappa shape index (κ2) is 21.1. The van der Waals surface area contributed by atoms with Crippen molar-refractivity contribution in [2.45, 2.75) is 147 Å². The molecule has 0 saturated heterocycles. The van der Waals surface area contributed by atoms with Crippen LogP contribution in [-0.4, -0.2) is 13.0 Å². The Kier molecular flexibility index (Phi) is 20.1. The third-order valence-corrected chi connectivity index (χ3v) is 8.44. The number of rotatable bonds is 21. The summed E-state index contributed by atoms with van der Waals surface area (Å²) in [4.78, 5) is -0.00547. The molecule has 2 aromatic rings. The van der Waals surface area contributed by atoms with Crippen LogP contribution in [0.5, 0.6) is 0 Å². The van der Waals surface area contributed by atoms with Gasteiger partial charge in [-0.1, -0.05) is 135 Å². The van der Waals surface area contributed by atoms with Gasteiger partial charge in [0.25, 0.3) is 0 Å². The first kappa shape index (κ1) is 35.3. The van der Waals surface area contributed by atoms with Crippen LogP contribution in [0.3, 0.4) is 0 Å². The topological polar surface area (TPSA) is 57.2 Å². The van der Waals surface area contributed by atoms with Crippen LogP contribution < -0.4 is 51.4 Å². The molecule has 0 aliphatic rings. The molecule has 0 bridgehead atoms. The molecule has 37 heavy (non-hydrogen) atoms. The summed E-state index contributed by atoms with van der Waals surface area (Å²) in [6, 6.07) is 9.85. The fourth-order valence-corrected chi connectivity index (χ4v) is 6.06. The zero-order chi connectivity index (χ0) is 26.1. The second-order valence-electron chi connectivity index (χ2n) is 10.7. The van der Waals surface area contributed by atoms with Crippen LogP contribution in [0.15, 0.2) is 35.2 Å². The number of hydrogen-bond donors (Lipinski definition) is 0. The van der Waals surface area contributed by atoms with Crippen molar-refractivity contribution in [3.63, 3.8) is 0 Å². The predicted octanol–water partition coefficient (Wildman–Crippen LogP) is 6.89. The maximum atomic E-state index is 12.1. The van der Waals surface area contributed by atoms with Gasteiger partial charge in [0.2, 0.25) is 0 Å². The smallest absolute Gasteiger partial charge is 0.744 e. The zero-order valence-corrected chi connectivity index (χ0v) is 28.1. The number of unbranched alkanes of at least 4 members (excludes halogenated alkanes) is 16. The molecule has 2 rings (SSSR count). The van der Waals surface area contributed by atoms with Crippen molar-refractivity contribution < 1.29 is 64.4 Å². The number of aryl methyl sites for hydroxylation is 2. The first-order valence-electron chi connectivity index (χ1n) is 15.0. The molecule has 0 unspecified atom stereocenters. The molecule has 0 saturated carbocycles. The van der Waals surface area contributed by atoms with E-state index >= 15 is 0 Å². The van der Waals surface area contributed by atoms with Gasteiger partial charge in [-0.05, 0) is 59.7 Å². The summed E-state index contributed by atoms with van der Waals surface area (Å²) in [5, 5.41) is 1.99. The van der Waals surface area contributed by atoms with Gasteiger partial charge in [0, 0.05) is 0 Å². The van der Waals surface area contributed by atoms with Gasteiger partial charge in [-0.15, -0.1) is 0 Å². The summed E-state index contributed by atoms with van der Waals surface area (Å²) in [5.74, 6) is 0. The summed E-state index contributed by atoms with van der Waals surface area (Å²) in [5.41, 5.74) is 1.86. The van der Waals surface area contributed by atoms with Gasteiger partial charge >= 0.3 is 51.4 Å². The molecule has 204 valence electrons. The van der Waals surface area contributed by atoms with Crippen molar-refractivity contribution in [3.05, 3.63) is 41.5 Å². The van der Waals surface area contributed by atoms with Crippen LogP contribution in [0, 0.1) is 0 Å². The van der Waals surface area contributed by atoms with Gasteiger partial charge in [-0.2, -0.15) is 0 Å². The maximum absolute atomic E-state index is 12.1. The zero-order valence-electron chi connectivity index (χ0n) is 24.2. The van der Waals surface area contributed by atoms with Crippen LogP contribution in [0.25, 0.3) is 10.8 Å². The summed E-state index contributed by atoms with van der Waals surface area (Å²) >= 11 is 0. The summed E-state index contributed by atoms with van der Waals surface area (Å²) in [7, 11) is -4.49. The van der Waals surface area contributed by atoms with Crippen molar-refractivity contribution in [1.29, 1.82) is 0 Å². The summed E-state index contributed by atoms with van der Waals surface area (Å²) in [6.07, 6.45) is 24.1. The van der Waals surface area contributed by atoms with E-state index in [9.17, 15) is 13.0 Å². The Bertz CT molecular complexity index is 971. The van der Waals surface area contributed by atoms with Crippen molar-refractivity contribution in [2.24, 2.45) is 0 Å². The van der Waals surface area contributed by atoms with Gasteiger partial charge in [0.1, 0.15) is 10.1 Å². The third kappa shape index (κ3) is 14.4. The minimum absolute atomic E-state index is 0. The molecule has 0 aliphatic heterocycles. The maximum Gasteiger partial charge on any atom is 1.00 e. The minimum atomic E-state index is -4.49.